The van der Waals surface area contributed by atoms with Crippen LogP contribution in [0.2, 0.25) is 0 Å². The van der Waals surface area contributed by atoms with Crippen molar-refractivity contribution in [3.05, 3.63) is 21.4 Å². The van der Waals surface area contributed by atoms with E-state index in [-0.39, 0.29) is 23.5 Å². The predicted octanol–water partition coefficient (Wildman–Crippen LogP) is 2.21. The van der Waals surface area contributed by atoms with Gasteiger partial charge in [0.25, 0.3) is 11.8 Å². The van der Waals surface area contributed by atoms with Crippen LogP contribution in [-0.4, -0.2) is 55.2 Å². The van der Waals surface area contributed by atoms with Crippen molar-refractivity contribution in [2.24, 2.45) is 0 Å². The summed E-state index contributed by atoms with van der Waals surface area (Å²) < 4.78 is 11.8. The predicted molar refractivity (Wildman–Crippen MR) is 101 cm³/mol. The minimum Gasteiger partial charge on any atom is -0.369 e. The number of nitrogens with zero attached hydrogens (tertiary/aromatic N) is 1. The molecule has 1 saturated carbocycles. The fourth-order valence-electron chi connectivity index (χ4n) is 4.45. The Hall–Kier alpha value is -1.44. The summed E-state index contributed by atoms with van der Waals surface area (Å²) in [6, 6.07) is 2.43. The molecule has 0 unspecified atom stereocenters. The minimum absolute atomic E-state index is 0.0537. The van der Waals surface area contributed by atoms with E-state index in [1.54, 1.807) is 11.3 Å². The maximum atomic E-state index is 12.6. The Morgan fingerprint density at radius 2 is 2.00 bits per heavy atom. The van der Waals surface area contributed by atoms with Gasteiger partial charge in [0.05, 0.1) is 11.5 Å². The van der Waals surface area contributed by atoms with Crippen LogP contribution in [0.1, 0.15) is 58.6 Å². The van der Waals surface area contributed by atoms with Crippen LogP contribution in [0.5, 0.6) is 0 Å². The Labute approximate surface area is 163 Å². The van der Waals surface area contributed by atoms with Crippen LogP contribution in [0.4, 0.5) is 0 Å². The molecule has 1 spiro atoms. The van der Waals surface area contributed by atoms with Gasteiger partial charge in [-0.1, -0.05) is 0 Å². The monoisotopic (exact) mass is 390 g/mol. The van der Waals surface area contributed by atoms with Crippen LogP contribution in [0.3, 0.4) is 0 Å². The normalized spacial score (nSPS) is 26.8. The molecule has 146 valence electrons. The fraction of sp³-hybridized carbons (Fsp3) is 0.700. The number of fused-ring (bicyclic) bond motifs is 2. The van der Waals surface area contributed by atoms with Crippen molar-refractivity contribution in [3.8, 4) is 0 Å². The maximum Gasteiger partial charge on any atom is 0.261 e. The highest BCUT2D eigenvalue weighted by molar-refractivity contribution is 7.14. The highest BCUT2D eigenvalue weighted by Crippen LogP contribution is 2.45. The molecule has 27 heavy (non-hydrogen) atoms. The van der Waals surface area contributed by atoms with E-state index in [1.807, 2.05) is 4.90 Å². The van der Waals surface area contributed by atoms with Gasteiger partial charge in [0, 0.05) is 30.6 Å². The third kappa shape index (κ3) is 3.30. The van der Waals surface area contributed by atoms with Crippen LogP contribution < -0.4 is 5.32 Å². The Balaban J connectivity index is 1.31. The van der Waals surface area contributed by atoms with Gasteiger partial charge in [-0.2, -0.15) is 0 Å². The lowest BCUT2D eigenvalue weighted by molar-refractivity contribution is -0.149. The van der Waals surface area contributed by atoms with E-state index < -0.39 is 0 Å². The average Bonchev–Trinajstić information content (AvgIpc) is 3.16. The highest BCUT2D eigenvalue weighted by Gasteiger charge is 2.44. The first-order valence-electron chi connectivity index (χ1n) is 10.1. The second kappa shape index (κ2) is 6.87. The standard InChI is InChI=1S/C20H26N2O4S/c23-18(21-14-3-4-14)16-12-13-5-11-26-20(17(13)27-16)6-8-22(9-7-20)19(24)15-2-1-10-25-15/h12,14-15H,1-11H2,(H,21,23)/t15-/m1/s1. The summed E-state index contributed by atoms with van der Waals surface area (Å²) >= 11 is 1.59. The molecule has 5 rings (SSSR count). The number of hydrogen-bond acceptors (Lipinski definition) is 5. The number of hydrogen-bond donors (Lipinski definition) is 1. The van der Waals surface area contributed by atoms with E-state index in [2.05, 4.69) is 11.4 Å². The van der Waals surface area contributed by atoms with Gasteiger partial charge in [0.2, 0.25) is 0 Å². The lowest BCUT2D eigenvalue weighted by atomic mass is 9.85. The molecule has 3 aliphatic heterocycles. The quantitative estimate of drug-likeness (QED) is 0.859. The summed E-state index contributed by atoms with van der Waals surface area (Å²) in [6.45, 7) is 2.77. The smallest absolute Gasteiger partial charge is 0.261 e. The highest BCUT2D eigenvalue weighted by atomic mass is 32.1. The molecule has 1 N–H and O–H groups in total. The third-order valence-corrected chi connectivity index (χ3v) is 7.56. The maximum absolute atomic E-state index is 12.6. The zero-order valence-electron chi connectivity index (χ0n) is 15.5. The van der Waals surface area contributed by atoms with Gasteiger partial charge >= 0.3 is 0 Å². The lowest BCUT2D eigenvalue weighted by Gasteiger charge is -2.44. The number of piperidine rings is 1. The van der Waals surface area contributed by atoms with E-state index in [0.29, 0.717) is 32.3 Å². The first kappa shape index (κ1) is 17.6. The van der Waals surface area contributed by atoms with Crippen molar-refractivity contribution in [1.29, 1.82) is 0 Å². The van der Waals surface area contributed by atoms with Crippen molar-refractivity contribution in [2.75, 3.05) is 26.3 Å². The molecule has 1 aromatic heterocycles. The van der Waals surface area contributed by atoms with Crippen molar-refractivity contribution in [3.63, 3.8) is 0 Å². The number of likely N-dealkylation sites (tertiary alicyclic amines) is 1. The van der Waals surface area contributed by atoms with Gasteiger partial charge in [-0.15, -0.1) is 11.3 Å². The molecule has 1 aliphatic carbocycles. The molecule has 6 nitrogen and oxygen atoms in total. The van der Waals surface area contributed by atoms with Crippen LogP contribution in [0, 0.1) is 0 Å². The Bertz CT molecular complexity index is 743. The number of amides is 2. The second-order valence-corrected chi connectivity index (χ2v) is 9.18. The molecular formula is C20H26N2O4S. The molecule has 1 atom stereocenters. The molecule has 0 radical (unpaired) electrons. The Kier molecular flexibility index (Phi) is 4.49. The van der Waals surface area contributed by atoms with Crippen molar-refractivity contribution in [2.45, 2.75) is 62.7 Å². The van der Waals surface area contributed by atoms with Crippen LogP contribution in [0.15, 0.2) is 6.07 Å². The Morgan fingerprint density at radius 1 is 1.19 bits per heavy atom. The van der Waals surface area contributed by atoms with Crippen LogP contribution in [-0.2, 0) is 26.3 Å². The number of ether oxygens (including phenoxy) is 2. The second-order valence-electron chi connectivity index (χ2n) is 8.13. The molecule has 4 aliphatic rings. The van der Waals surface area contributed by atoms with Crippen molar-refractivity contribution in [1.82, 2.24) is 10.2 Å². The molecular weight excluding hydrogens is 364 g/mol. The zero-order valence-corrected chi connectivity index (χ0v) is 16.3. The van der Waals surface area contributed by atoms with E-state index in [9.17, 15) is 9.59 Å². The summed E-state index contributed by atoms with van der Waals surface area (Å²) in [5.41, 5.74) is 0.926. The summed E-state index contributed by atoms with van der Waals surface area (Å²) in [6.07, 6.45) is 6.21. The molecule has 3 fully saturated rings. The zero-order chi connectivity index (χ0) is 18.4. The third-order valence-electron chi connectivity index (χ3n) is 6.20. The Morgan fingerprint density at radius 3 is 2.70 bits per heavy atom. The minimum atomic E-state index is -0.330. The van der Waals surface area contributed by atoms with Crippen LogP contribution in [0.25, 0.3) is 0 Å². The molecule has 4 heterocycles. The van der Waals surface area contributed by atoms with E-state index in [4.69, 9.17) is 9.47 Å². The van der Waals surface area contributed by atoms with Crippen LogP contribution >= 0.6 is 11.3 Å². The van der Waals surface area contributed by atoms with Gasteiger partial charge < -0.3 is 19.7 Å². The summed E-state index contributed by atoms with van der Waals surface area (Å²) in [5, 5.41) is 3.09. The fourth-order valence-corrected chi connectivity index (χ4v) is 5.77. The molecule has 0 aromatic carbocycles. The van der Waals surface area contributed by atoms with Crippen molar-refractivity contribution >= 4 is 23.2 Å². The van der Waals surface area contributed by atoms with Gasteiger partial charge in [0.1, 0.15) is 11.7 Å². The average molecular weight is 391 g/mol. The number of rotatable bonds is 3. The SMILES string of the molecule is O=C(NC1CC1)c1cc2c(s1)C1(CCN(C(=O)[C@H]3CCCO3)CC1)OCC2. The number of carbonyl (C=O) groups is 2. The summed E-state index contributed by atoms with van der Waals surface area (Å²) in [7, 11) is 0. The van der Waals surface area contributed by atoms with E-state index >= 15 is 0 Å². The van der Waals surface area contributed by atoms with Crippen molar-refractivity contribution < 1.29 is 19.1 Å². The first-order chi connectivity index (χ1) is 13.1. The lowest BCUT2D eigenvalue weighted by Crippen LogP contribution is -2.50. The van der Waals surface area contributed by atoms with E-state index in [1.165, 1.54) is 10.4 Å². The number of carbonyl (C=O) groups excluding carboxylic acids is 2. The van der Waals surface area contributed by atoms with Gasteiger partial charge in [-0.25, -0.2) is 0 Å². The topological polar surface area (TPSA) is 67.9 Å². The van der Waals surface area contributed by atoms with E-state index in [0.717, 1.165) is 49.8 Å². The largest absolute Gasteiger partial charge is 0.369 e. The summed E-state index contributed by atoms with van der Waals surface area (Å²) in [5.74, 6) is 0.187. The molecule has 2 amide bonds. The number of thiophene rings is 1. The molecule has 7 heteroatoms. The molecule has 0 bridgehead atoms. The van der Waals surface area contributed by atoms with Gasteiger partial charge in [-0.3, -0.25) is 9.59 Å². The number of nitrogens with one attached hydrogen (secondary N) is 1. The molecule has 1 aromatic rings. The summed E-state index contributed by atoms with van der Waals surface area (Å²) in [4.78, 5) is 29.0. The van der Waals surface area contributed by atoms with Gasteiger partial charge in [0.15, 0.2) is 0 Å². The molecule has 2 saturated heterocycles. The van der Waals surface area contributed by atoms with Gasteiger partial charge in [-0.05, 0) is 56.6 Å². The first-order valence-corrected chi connectivity index (χ1v) is 10.9.